The third-order valence-corrected chi connectivity index (χ3v) is 5.32. The third kappa shape index (κ3) is 2.90. The first-order chi connectivity index (χ1) is 8.24. The standard InChI is InChI=1S/C14H24N2S/c1-11(14-8-5-9-17-14)16(2)13(10-15)12-6-3-4-7-12/h5,8-9,11-13H,3-4,6-7,10,15H2,1-2H3. The Balaban J connectivity index is 2.03. The Morgan fingerprint density at radius 1 is 1.47 bits per heavy atom. The average Bonchev–Trinajstić information content (AvgIpc) is 3.01. The molecule has 2 unspecified atom stereocenters. The maximum absolute atomic E-state index is 6.01. The van der Waals surface area contributed by atoms with Crippen molar-refractivity contribution < 1.29 is 0 Å². The molecule has 1 heterocycles. The smallest absolute Gasteiger partial charge is 0.0413 e. The van der Waals surface area contributed by atoms with Gasteiger partial charge in [-0.25, -0.2) is 0 Å². The summed E-state index contributed by atoms with van der Waals surface area (Å²) in [6.07, 6.45) is 5.51. The van der Waals surface area contributed by atoms with Crippen molar-refractivity contribution in [1.82, 2.24) is 4.90 Å². The maximum Gasteiger partial charge on any atom is 0.0413 e. The van der Waals surface area contributed by atoms with Gasteiger partial charge in [0.2, 0.25) is 0 Å². The second-order valence-electron chi connectivity index (χ2n) is 5.20. The minimum Gasteiger partial charge on any atom is -0.329 e. The van der Waals surface area contributed by atoms with Crippen LogP contribution in [0.15, 0.2) is 17.5 Å². The van der Waals surface area contributed by atoms with Gasteiger partial charge in [-0.05, 0) is 44.2 Å². The monoisotopic (exact) mass is 252 g/mol. The zero-order valence-electron chi connectivity index (χ0n) is 10.9. The minimum absolute atomic E-state index is 0.490. The second-order valence-corrected chi connectivity index (χ2v) is 6.18. The Kier molecular flexibility index (Phi) is 4.60. The molecule has 0 bridgehead atoms. The fourth-order valence-corrected chi connectivity index (χ4v) is 3.88. The molecule has 17 heavy (non-hydrogen) atoms. The number of hydrogen-bond acceptors (Lipinski definition) is 3. The fourth-order valence-electron chi connectivity index (χ4n) is 3.05. The van der Waals surface area contributed by atoms with Crippen LogP contribution in [-0.4, -0.2) is 24.5 Å². The molecule has 0 aromatic carbocycles. The molecule has 1 aliphatic rings. The molecule has 0 radical (unpaired) electrons. The van der Waals surface area contributed by atoms with Crippen molar-refractivity contribution in [2.24, 2.45) is 11.7 Å². The lowest BCUT2D eigenvalue weighted by atomic mass is 9.95. The summed E-state index contributed by atoms with van der Waals surface area (Å²) in [5.41, 5.74) is 6.01. The molecule has 96 valence electrons. The van der Waals surface area contributed by atoms with Crippen molar-refractivity contribution in [3.8, 4) is 0 Å². The lowest BCUT2D eigenvalue weighted by Crippen LogP contribution is -2.43. The average molecular weight is 252 g/mol. The van der Waals surface area contributed by atoms with Gasteiger partial charge in [0.05, 0.1) is 0 Å². The van der Waals surface area contributed by atoms with E-state index >= 15 is 0 Å². The van der Waals surface area contributed by atoms with Crippen LogP contribution in [-0.2, 0) is 0 Å². The number of thiophene rings is 1. The van der Waals surface area contributed by atoms with Crippen molar-refractivity contribution in [2.45, 2.75) is 44.7 Å². The van der Waals surface area contributed by atoms with E-state index < -0.39 is 0 Å². The first kappa shape index (κ1) is 13.1. The van der Waals surface area contributed by atoms with Crippen LogP contribution in [0.1, 0.15) is 43.5 Å². The zero-order chi connectivity index (χ0) is 12.3. The molecule has 0 amide bonds. The topological polar surface area (TPSA) is 29.3 Å². The summed E-state index contributed by atoms with van der Waals surface area (Å²) in [5.74, 6) is 0.812. The molecule has 0 spiro atoms. The quantitative estimate of drug-likeness (QED) is 0.871. The summed E-state index contributed by atoms with van der Waals surface area (Å²) < 4.78 is 0. The molecular weight excluding hydrogens is 228 g/mol. The van der Waals surface area contributed by atoms with Crippen LogP contribution in [0.4, 0.5) is 0 Å². The summed E-state index contributed by atoms with van der Waals surface area (Å²) in [7, 11) is 2.24. The van der Waals surface area contributed by atoms with Crippen LogP contribution in [0, 0.1) is 5.92 Å². The van der Waals surface area contributed by atoms with Crippen molar-refractivity contribution >= 4 is 11.3 Å². The molecule has 1 saturated carbocycles. The van der Waals surface area contributed by atoms with Crippen LogP contribution in [0.3, 0.4) is 0 Å². The molecule has 1 aromatic rings. The molecule has 0 saturated heterocycles. The van der Waals surface area contributed by atoms with E-state index in [0.29, 0.717) is 12.1 Å². The third-order valence-electron chi connectivity index (χ3n) is 4.27. The summed E-state index contributed by atoms with van der Waals surface area (Å²) in [4.78, 5) is 3.94. The highest BCUT2D eigenvalue weighted by molar-refractivity contribution is 7.10. The van der Waals surface area contributed by atoms with Gasteiger partial charge < -0.3 is 5.73 Å². The molecular formula is C14H24N2S. The summed E-state index contributed by atoms with van der Waals surface area (Å²) in [5, 5.41) is 2.16. The lowest BCUT2D eigenvalue weighted by molar-refractivity contribution is 0.139. The fraction of sp³-hybridized carbons (Fsp3) is 0.714. The van der Waals surface area contributed by atoms with Gasteiger partial charge in [0.25, 0.3) is 0 Å². The normalized spacial score (nSPS) is 20.9. The molecule has 1 aromatic heterocycles. The highest BCUT2D eigenvalue weighted by Crippen LogP contribution is 2.33. The lowest BCUT2D eigenvalue weighted by Gasteiger charge is -2.35. The predicted molar refractivity (Wildman–Crippen MR) is 75.3 cm³/mol. The van der Waals surface area contributed by atoms with Gasteiger partial charge in [-0.15, -0.1) is 11.3 Å². The van der Waals surface area contributed by atoms with E-state index in [-0.39, 0.29) is 0 Å². The first-order valence-electron chi connectivity index (χ1n) is 6.69. The molecule has 1 fully saturated rings. The van der Waals surface area contributed by atoms with Crippen molar-refractivity contribution in [2.75, 3.05) is 13.6 Å². The Bertz CT molecular complexity index is 317. The molecule has 2 nitrogen and oxygen atoms in total. The highest BCUT2D eigenvalue weighted by atomic mass is 32.1. The van der Waals surface area contributed by atoms with Crippen LogP contribution < -0.4 is 5.73 Å². The SMILES string of the molecule is CC(c1cccs1)N(C)C(CN)C1CCCC1. The predicted octanol–water partition coefficient (Wildman–Crippen LogP) is 3.26. The van der Waals surface area contributed by atoms with E-state index in [9.17, 15) is 0 Å². The largest absolute Gasteiger partial charge is 0.329 e. The van der Waals surface area contributed by atoms with Gasteiger partial charge in [0, 0.05) is 23.5 Å². The van der Waals surface area contributed by atoms with Gasteiger partial charge in [-0.3, -0.25) is 4.90 Å². The Labute approximate surface area is 109 Å². The van der Waals surface area contributed by atoms with Gasteiger partial charge >= 0.3 is 0 Å². The van der Waals surface area contributed by atoms with E-state index in [0.717, 1.165) is 12.5 Å². The Morgan fingerprint density at radius 2 is 2.18 bits per heavy atom. The van der Waals surface area contributed by atoms with E-state index in [1.54, 1.807) is 0 Å². The number of rotatable bonds is 5. The van der Waals surface area contributed by atoms with Crippen LogP contribution in [0.25, 0.3) is 0 Å². The number of nitrogens with zero attached hydrogens (tertiary/aromatic N) is 1. The molecule has 3 heteroatoms. The summed E-state index contributed by atoms with van der Waals surface area (Å²) >= 11 is 1.85. The number of hydrogen-bond donors (Lipinski definition) is 1. The summed E-state index contributed by atoms with van der Waals surface area (Å²) in [6.45, 7) is 3.08. The maximum atomic E-state index is 6.01. The Hall–Kier alpha value is -0.380. The van der Waals surface area contributed by atoms with Gasteiger partial charge in [0.1, 0.15) is 0 Å². The Morgan fingerprint density at radius 3 is 2.71 bits per heavy atom. The van der Waals surface area contributed by atoms with E-state index in [1.807, 2.05) is 11.3 Å². The minimum atomic E-state index is 0.490. The molecule has 2 rings (SSSR count). The molecule has 1 aliphatic carbocycles. The van der Waals surface area contributed by atoms with Crippen molar-refractivity contribution in [1.29, 1.82) is 0 Å². The molecule has 2 N–H and O–H groups in total. The van der Waals surface area contributed by atoms with Gasteiger partial charge in [-0.1, -0.05) is 18.9 Å². The highest BCUT2D eigenvalue weighted by Gasteiger charge is 2.29. The van der Waals surface area contributed by atoms with Crippen LogP contribution in [0.2, 0.25) is 0 Å². The van der Waals surface area contributed by atoms with Crippen molar-refractivity contribution in [3.05, 3.63) is 22.4 Å². The van der Waals surface area contributed by atoms with E-state index in [2.05, 4.69) is 36.4 Å². The first-order valence-corrected chi connectivity index (χ1v) is 7.57. The van der Waals surface area contributed by atoms with Gasteiger partial charge in [0.15, 0.2) is 0 Å². The summed E-state index contributed by atoms with van der Waals surface area (Å²) in [6, 6.07) is 5.41. The second kappa shape index (κ2) is 5.98. The number of nitrogens with two attached hydrogens (primary N) is 1. The van der Waals surface area contributed by atoms with E-state index in [1.165, 1.54) is 30.6 Å². The zero-order valence-corrected chi connectivity index (χ0v) is 11.7. The number of likely N-dealkylation sites (N-methyl/N-ethyl adjacent to an activating group) is 1. The molecule has 0 aliphatic heterocycles. The van der Waals surface area contributed by atoms with Crippen LogP contribution >= 0.6 is 11.3 Å². The van der Waals surface area contributed by atoms with Gasteiger partial charge in [-0.2, -0.15) is 0 Å². The molecule has 2 atom stereocenters. The van der Waals surface area contributed by atoms with E-state index in [4.69, 9.17) is 5.73 Å². The van der Waals surface area contributed by atoms with Crippen LogP contribution in [0.5, 0.6) is 0 Å². The van der Waals surface area contributed by atoms with Crippen molar-refractivity contribution in [3.63, 3.8) is 0 Å².